The zero-order chi connectivity index (χ0) is 21.0. The van der Waals surface area contributed by atoms with E-state index in [1.165, 1.54) is 25.6 Å². The summed E-state index contributed by atoms with van der Waals surface area (Å²) < 4.78 is 18.7. The second kappa shape index (κ2) is 9.63. The Hall–Kier alpha value is -2.06. The number of methoxy groups -OCH3 is 2. The molecular formula is C20H20Cl2N2O4S. The molecule has 0 fully saturated rings. The van der Waals surface area contributed by atoms with Crippen molar-refractivity contribution in [3.8, 4) is 11.5 Å². The Kier molecular flexibility index (Phi) is 7.18. The van der Waals surface area contributed by atoms with E-state index in [4.69, 9.17) is 37.4 Å². The molecule has 0 radical (unpaired) electrons. The fourth-order valence-corrected chi connectivity index (χ4v) is 4.32. The lowest BCUT2D eigenvalue weighted by atomic mass is 10.2. The average Bonchev–Trinajstić information content (AvgIpc) is 3.08. The van der Waals surface area contributed by atoms with Crippen molar-refractivity contribution < 1.29 is 19.0 Å². The molecule has 1 amide bonds. The minimum atomic E-state index is -0.416. The molecule has 1 aromatic heterocycles. The predicted molar refractivity (Wildman–Crippen MR) is 116 cm³/mol. The number of aromatic nitrogens is 1. The number of amides is 1. The Labute approximate surface area is 182 Å². The van der Waals surface area contributed by atoms with Gasteiger partial charge in [0.25, 0.3) is 5.91 Å². The first-order chi connectivity index (χ1) is 14.0. The second-order valence-corrected chi connectivity index (χ2v) is 7.75. The van der Waals surface area contributed by atoms with Gasteiger partial charge in [-0.05, 0) is 31.2 Å². The number of carbonyl (C=O) groups excluding carboxylic acids is 1. The summed E-state index contributed by atoms with van der Waals surface area (Å²) in [6, 6.07) is 8.53. The van der Waals surface area contributed by atoms with Gasteiger partial charge in [-0.2, -0.15) is 4.99 Å². The van der Waals surface area contributed by atoms with E-state index >= 15 is 0 Å². The Morgan fingerprint density at radius 2 is 1.83 bits per heavy atom. The van der Waals surface area contributed by atoms with Crippen LogP contribution in [0, 0.1) is 0 Å². The molecule has 9 heteroatoms. The Bertz CT molecular complexity index is 1090. The fourth-order valence-electron chi connectivity index (χ4n) is 2.78. The summed E-state index contributed by atoms with van der Waals surface area (Å²) >= 11 is 14.0. The number of nitrogens with zero attached hydrogens (tertiary/aromatic N) is 2. The van der Waals surface area contributed by atoms with Crippen LogP contribution in [0.5, 0.6) is 11.5 Å². The molecule has 0 bridgehead atoms. The van der Waals surface area contributed by atoms with E-state index in [9.17, 15) is 4.79 Å². The number of carbonyl (C=O) groups is 1. The topological polar surface area (TPSA) is 62.1 Å². The third kappa shape index (κ3) is 4.75. The van der Waals surface area contributed by atoms with Gasteiger partial charge in [0, 0.05) is 24.8 Å². The number of ether oxygens (including phenoxy) is 3. The van der Waals surface area contributed by atoms with Crippen LogP contribution in [-0.4, -0.2) is 37.9 Å². The van der Waals surface area contributed by atoms with Crippen molar-refractivity contribution in [1.29, 1.82) is 0 Å². The highest BCUT2D eigenvalue weighted by Crippen LogP contribution is 2.32. The first kappa shape index (κ1) is 21.6. The van der Waals surface area contributed by atoms with Crippen LogP contribution in [0.3, 0.4) is 0 Å². The smallest absolute Gasteiger partial charge is 0.279 e. The number of hydrogen-bond donors (Lipinski definition) is 0. The van der Waals surface area contributed by atoms with Gasteiger partial charge in [-0.15, -0.1) is 0 Å². The van der Waals surface area contributed by atoms with Crippen LogP contribution in [0.15, 0.2) is 35.3 Å². The van der Waals surface area contributed by atoms with Gasteiger partial charge in [-0.3, -0.25) is 4.79 Å². The molecule has 0 spiro atoms. The van der Waals surface area contributed by atoms with E-state index in [1.807, 2.05) is 17.6 Å². The van der Waals surface area contributed by atoms with Crippen LogP contribution in [0.4, 0.5) is 0 Å². The molecule has 0 unspecified atom stereocenters. The molecule has 0 atom stereocenters. The minimum absolute atomic E-state index is 0.360. The molecular weight excluding hydrogens is 435 g/mol. The first-order valence-electron chi connectivity index (χ1n) is 8.85. The van der Waals surface area contributed by atoms with Gasteiger partial charge >= 0.3 is 0 Å². The van der Waals surface area contributed by atoms with Crippen LogP contribution >= 0.6 is 34.5 Å². The molecule has 3 rings (SSSR count). The molecule has 0 aliphatic rings. The van der Waals surface area contributed by atoms with Crippen molar-refractivity contribution in [2.75, 3.05) is 27.4 Å². The predicted octanol–water partition coefficient (Wildman–Crippen LogP) is 4.80. The van der Waals surface area contributed by atoms with Crippen LogP contribution in [0.2, 0.25) is 10.0 Å². The van der Waals surface area contributed by atoms with Crippen molar-refractivity contribution in [2.45, 2.75) is 13.5 Å². The Balaban J connectivity index is 2.12. The Morgan fingerprint density at radius 1 is 1.14 bits per heavy atom. The lowest BCUT2D eigenvalue weighted by Gasteiger charge is -2.08. The summed E-state index contributed by atoms with van der Waals surface area (Å²) in [6.45, 7) is 3.46. The van der Waals surface area contributed by atoms with Crippen LogP contribution in [0.25, 0.3) is 10.2 Å². The summed E-state index contributed by atoms with van der Waals surface area (Å²) in [7, 11) is 3.05. The minimum Gasteiger partial charge on any atom is -0.497 e. The lowest BCUT2D eigenvalue weighted by molar-refractivity contribution is 0.0996. The van der Waals surface area contributed by atoms with Gasteiger partial charge in [-0.25, -0.2) is 0 Å². The molecule has 2 aromatic carbocycles. The summed E-state index contributed by atoms with van der Waals surface area (Å²) in [5.41, 5.74) is 1.10. The van der Waals surface area contributed by atoms with Crippen molar-refractivity contribution >= 4 is 50.7 Å². The third-order valence-electron chi connectivity index (χ3n) is 4.19. The van der Waals surface area contributed by atoms with E-state index in [0.717, 1.165) is 10.2 Å². The van der Waals surface area contributed by atoms with Crippen LogP contribution in [0.1, 0.15) is 17.3 Å². The summed E-state index contributed by atoms with van der Waals surface area (Å²) in [5.74, 6) is 0.609. The molecule has 6 nitrogen and oxygen atoms in total. The highest BCUT2D eigenvalue weighted by molar-refractivity contribution is 7.16. The number of halogens is 2. The number of fused-ring (bicyclic) bond motifs is 1. The monoisotopic (exact) mass is 454 g/mol. The number of rotatable bonds is 7. The van der Waals surface area contributed by atoms with E-state index in [1.54, 1.807) is 24.3 Å². The van der Waals surface area contributed by atoms with Crippen LogP contribution in [-0.2, 0) is 11.3 Å². The summed E-state index contributed by atoms with van der Waals surface area (Å²) in [6.07, 6.45) is 0. The molecule has 0 aliphatic carbocycles. The molecule has 0 N–H and O–H groups in total. The largest absolute Gasteiger partial charge is 0.497 e. The van der Waals surface area contributed by atoms with Crippen molar-refractivity contribution in [1.82, 2.24) is 4.57 Å². The molecule has 0 saturated heterocycles. The van der Waals surface area contributed by atoms with E-state index in [2.05, 4.69) is 4.99 Å². The third-order valence-corrected chi connectivity index (χ3v) is 6.03. The van der Waals surface area contributed by atoms with Crippen LogP contribution < -0.4 is 14.3 Å². The van der Waals surface area contributed by atoms with E-state index < -0.39 is 5.91 Å². The summed E-state index contributed by atoms with van der Waals surface area (Å²) in [4.78, 5) is 17.7. The number of thiazole rings is 1. The number of hydrogen-bond acceptors (Lipinski definition) is 5. The lowest BCUT2D eigenvalue weighted by Crippen LogP contribution is -2.20. The average molecular weight is 455 g/mol. The maximum absolute atomic E-state index is 12.9. The highest BCUT2D eigenvalue weighted by Gasteiger charge is 2.15. The molecule has 0 aliphatic heterocycles. The van der Waals surface area contributed by atoms with Crippen molar-refractivity contribution in [3.05, 3.63) is 50.7 Å². The standard InChI is InChI=1S/C20H20Cl2N2O4S/c1-4-28-8-7-24-18-16(6-5-15(21)17(18)22)29-20(24)23-19(25)12-9-13(26-2)11-14(10-12)27-3/h5-6,9-11H,4,7-8H2,1-3H3. The zero-order valence-electron chi connectivity index (χ0n) is 16.2. The second-order valence-electron chi connectivity index (χ2n) is 5.96. The molecule has 154 valence electrons. The summed E-state index contributed by atoms with van der Waals surface area (Å²) in [5, 5.41) is 0.867. The SMILES string of the molecule is CCOCCn1c(=NC(=O)c2cc(OC)cc(OC)c2)sc2ccc(Cl)c(Cl)c21. The van der Waals surface area contributed by atoms with Gasteiger partial charge in [0.05, 0.1) is 41.1 Å². The van der Waals surface area contributed by atoms with Gasteiger partial charge in [-0.1, -0.05) is 34.5 Å². The van der Waals surface area contributed by atoms with E-state index in [-0.39, 0.29) is 0 Å². The fraction of sp³-hybridized carbons (Fsp3) is 0.300. The van der Waals surface area contributed by atoms with Gasteiger partial charge < -0.3 is 18.8 Å². The maximum Gasteiger partial charge on any atom is 0.279 e. The quantitative estimate of drug-likeness (QED) is 0.480. The normalized spacial score (nSPS) is 11.8. The number of benzene rings is 2. The molecule has 3 aromatic rings. The van der Waals surface area contributed by atoms with Crippen molar-refractivity contribution in [2.24, 2.45) is 4.99 Å². The first-order valence-corrected chi connectivity index (χ1v) is 10.4. The molecule has 0 saturated carbocycles. The maximum atomic E-state index is 12.9. The zero-order valence-corrected chi connectivity index (χ0v) is 18.5. The molecule has 1 heterocycles. The van der Waals surface area contributed by atoms with E-state index in [0.29, 0.717) is 51.7 Å². The van der Waals surface area contributed by atoms with Crippen molar-refractivity contribution in [3.63, 3.8) is 0 Å². The van der Waals surface area contributed by atoms with Gasteiger partial charge in [0.2, 0.25) is 0 Å². The highest BCUT2D eigenvalue weighted by atomic mass is 35.5. The van der Waals surface area contributed by atoms with Gasteiger partial charge in [0.15, 0.2) is 4.80 Å². The Morgan fingerprint density at radius 3 is 2.45 bits per heavy atom. The molecule has 29 heavy (non-hydrogen) atoms. The van der Waals surface area contributed by atoms with Gasteiger partial charge in [0.1, 0.15) is 11.5 Å².